The van der Waals surface area contributed by atoms with Gasteiger partial charge in [0, 0.05) is 13.2 Å². The van der Waals surface area contributed by atoms with Crippen LogP contribution in [-0.2, 0) is 9.47 Å². The first-order valence-corrected chi connectivity index (χ1v) is 10.4. The Morgan fingerprint density at radius 1 is 0.967 bits per heavy atom. The van der Waals surface area contributed by atoms with Gasteiger partial charge >= 0.3 is 5.69 Å². The van der Waals surface area contributed by atoms with Crippen molar-refractivity contribution in [2.24, 2.45) is 0 Å². The lowest BCUT2D eigenvalue weighted by Gasteiger charge is -2.30. The van der Waals surface area contributed by atoms with Gasteiger partial charge in [-0.25, -0.2) is 14.3 Å². The van der Waals surface area contributed by atoms with E-state index in [0.29, 0.717) is 24.3 Å². The fourth-order valence-electron chi connectivity index (χ4n) is 4.60. The molecule has 2 atom stereocenters. The highest BCUT2D eigenvalue weighted by molar-refractivity contribution is 5.77. The van der Waals surface area contributed by atoms with E-state index in [4.69, 9.17) is 15.2 Å². The summed E-state index contributed by atoms with van der Waals surface area (Å²) in [6.07, 6.45) is 2.92. The highest BCUT2D eigenvalue weighted by Crippen LogP contribution is 2.32. The van der Waals surface area contributed by atoms with Crippen molar-refractivity contribution in [2.45, 2.75) is 43.9 Å². The Morgan fingerprint density at radius 2 is 1.63 bits per heavy atom. The second-order valence-electron chi connectivity index (χ2n) is 7.83. The molecule has 0 saturated carbocycles. The molecule has 2 aliphatic heterocycles. The van der Waals surface area contributed by atoms with Crippen molar-refractivity contribution < 1.29 is 9.47 Å². The van der Waals surface area contributed by atoms with Crippen LogP contribution < -0.4 is 17.0 Å². The molecule has 8 nitrogen and oxygen atoms in total. The normalized spacial score (nSPS) is 22.5. The fourth-order valence-corrected chi connectivity index (χ4v) is 4.60. The Labute approximate surface area is 172 Å². The number of nitrogens with zero attached hydrogens (tertiary/aromatic N) is 3. The zero-order chi connectivity index (χ0) is 20.7. The maximum atomic E-state index is 13.8. The van der Waals surface area contributed by atoms with Crippen molar-refractivity contribution in [3.8, 4) is 5.69 Å². The molecule has 5 rings (SSSR count). The summed E-state index contributed by atoms with van der Waals surface area (Å²) in [4.78, 5) is 31.7. The van der Waals surface area contributed by atoms with Crippen LogP contribution in [0.15, 0.2) is 52.1 Å². The predicted octanol–water partition coefficient (Wildman–Crippen LogP) is 2.03. The summed E-state index contributed by atoms with van der Waals surface area (Å²) < 4.78 is 14.7. The average Bonchev–Trinajstić information content (AvgIpc) is 3.46. The van der Waals surface area contributed by atoms with Crippen molar-refractivity contribution in [1.82, 2.24) is 14.1 Å². The third kappa shape index (κ3) is 3.12. The van der Waals surface area contributed by atoms with Crippen molar-refractivity contribution in [1.29, 1.82) is 0 Å². The molecule has 30 heavy (non-hydrogen) atoms. The molecule has 4 heterocycles. The van der Waals surface area contributed by atoms with Gasteiger partial charge in [-0.05, 0) is 49.9 Å². The van der Waals surface area contributed by atoms with Crippen LogP contribution >= 0.6 is 0 Å². The molecule has 3 aromatic rings. The quantitative estimate of drug-likeness (QED) is 0.709. The number of aromatic nitrogens is 3. The molecule has 156 valence electrons. The summed E-state index contributed by atoms with van der Waals surface area (Å²) >= 11 is 0. The van der Waals surface area contributed by atoms with Gasteiger partial charge in [0.15, 0.2) is 5.65 Å². The van der Waals surface area contributed by atoms with Crippen LogP contribution in [0.3, 0.4) is 0 Å². The van der Waals surface area contributed by atoms with Crippen LogP contribution in [0.25, 0.3) is 16.7 Å². The van der Waals surface area contributed by atoms with Crippen molar-refractivity contribution in [3.05, 3.63) is 63.3 Å². The van der Waals surface area contributed by atoms with Crippen molar-refractivity contribution in [3.63, 3.8) is 0 Å². The average molecular weight is 408 g/mol. The van der Waals surface area contributed by atoms with E-state index < -0.39 is 11.7 Å². The van der Waals surface area contributed by atoms with Crippen LogP contribution in [0.4, 0.5) is 5.82 Å². The zero-order valence-corrected chi connectivity index (χ0v) is 16.6. The van der Waals surface area contributed by atoms with E-state index in [1.165, 1.54) is 9.13 Å². The molecule has 0 aliphatic carbocycles. The van der Waals surface area contributed by atoms with E-state index >= 15 is 0 Å². The number of nitrogen functional groups attached to an aromatic ring is 1. The molecule has 1 aromatic carbocycles. The maximum Gasteiger partial charge on any atom is 0.337 e. The monoisotopic (exact) mass is 408 g/mol. The van der Waals surface area contributed by atoms with Gasteiger partial charge in [-0.15, -0.1) is 0 Å². The molecule has 2 N–H and O–H groups in total. The standard InChI is InChI=1S/C22H24N4O4/c23-18-11-10-15-20(24-18)25(14-6-2-1-3-7-14)22(28)26(21(15)27)19(16-8-4-12-29-16)17-9-5-13-30-17/h1-3,6-7,10-11,16-17,19H,4-5,8-9,12-13H2,(H2,23,24). The van der Waals surface area contributed by atoms with Gasteiger partial charge in [0.25, 0.3) is 5.56 Å². The number of nitrogens with two attached hydrogens (primary N) is 1. The van der Waals surface area contributed by atoms with E-state index in [1.54, 1.807) is 12.1 Å². The van der Waals surface area contributed by atoms with Crippen molar-refractivity contribution >= 4 is 16.9 Å². The lowest BCUT2D eigenvalue weighted by atomic mass is 9.99. The predicted molar refractivity (Wildman–Crippen MR) is 113 cm³/mol. The first-order valence-electron chi connectivity index (χ1n) is 10.4. The molecule has 2 aromatic heterocycles. The number of para-hydroxylation sites is 1. The largest absolute Gasteiger partial charge is 0.384 e. The second kappa shape index (κ2) is 7.70. The Balaban J connectivity index is 1.82. The van der Waals surface area contributed by atoms with Crippen molar-refractivity contribution in [2.75, 3.05) is 18.9 Å². The summed E-state index contributed by atoms with van der Waals surface area (Å²) in [5.41, 5.74) is 5.94. The first-order chi connectivity index (χ1) is 14.6. The molecular weight excluding hydrogens is 384 g/mol. The smallest absolute Gasteiger partial charge is 0.337 e. The fraction of sp³-hybridized carbons (Fsp3) is 0.409. The molecule has 2 aliphatic rings. The Hall–Kier alpha value is -2.97. The van der Waals surface area contributed by atoms with Gasteiger partial charge in [-0.2, -0.15) is 0 Å². The number of benzene rings is 1. The van der Waals surface area contributed by atoms with E-state index in [9.17, 15) is 9.59 Å². The Kier molecular flexibility index (Phi) is 4.88. The first kappa shape index (κ1) is 19.0. The minimum Gasteiger partial charge on any atom is -0.384 e. The zero-order valence-electron chi connectivity index (χ0n) is 16.6. The van der Waals surface area contributed by atoms with Gasteiger partial charge in [0.2, 0.25) is 0 Å². The van der Waals surface area contributed by atoms with E-state index in [2.05, 4.69) is 4.98 Å². The second-order valence-corrected chi connectivity index (χ2v) is 7.83. The number of hydrogen-bond donors (Lipinski definition) is 1. The lowest BCUT2D eigenvalue weighted by Crippen LogP contribution is -2.49. The Bertz CT molecular complexity index is 1160. The number of pyridine rings is 1. The number of rotatable bonds is 4. The van der Waals surface area contributed by atoms with Gasteiger partial charge in [0.05, 0.1) is 29.3 Å². The molecule has 0 spiro atoms. The minimum atomic E-state index is -0.480. The highest BCUT2D eigenvalue weighted by Gasteiger charge is 2.39. The summed E-state index contributed by atoms with van der Waals surface area (Å²) in [6.45, 7) is 1.25. The van der Waals surface area contributed by atoms with Gasteiger partial charge in [-0.1, -0.05) is 18.2 Å². The third-order valence-corrected chi connectivity index (χ3v) is 5.96. The minimum absolute atomic E-state index is 0.234. The lowest BCUT2D eigenvalue weighted by molar-refractivity contribution is -0.0144. The summed E-state index contributed by atoms with van der Waals surface area (Å²) in [5.74, 6) is 0.249. The summed E-state index contributed by atoms with van der Waals surface area (Å²) in [6, 6.07) is 11.9. The molecule has 2 saturated heterocycles. The van der Waals surface area contributed by atoms with Crippen LogP contribution in [-0.4, -0.2) is 39.5 Å². The summed E-state index contributed by atoms with van der Waals surface area (Å²) in [5, 5.41) is 0.341. The summed E-state index contributed by atoms with van der Waals surface area (Å²) in [7, 11) is 0. The number of hydrogen-bond acceptors (Lipinski definition) is 6. The van der Waals surface area contributed by atoms with E-state index in [1.807, 2.05) is 30.3 Å². The van der Waals surface area contributed by atoms with Crippen LogP contribution in [0, 0.1) is 0 Å². The van der Waals surface area contributed by atoms with E-state index in [0.717, 1.165) is 25.7 Å². The van der Waals surface area contributed by atoms with Gasteiger partial charge in [-0.3, -0.25) is 9.36 Å². The maximum absolute atomic E-state index is 13.8. The Morgan fingerprint density at radius 3 is 2.23 bits per heavy atom. The van der Waals surface area contributed by atoms with E-state index in [-0.39, 0.29) is 29.2 Å². The SMILES string of the molecule is Nc1ccc2c(=O)n(C(C3CCCO3)C3CCCO3)c(=O)n(-c3ccccc3)c2n1. The van der Waals surface area contributed by atoms with Crippen LogP contribution in [0.1, 0.15) is 31.7 Å². The molecule has 0 bridgehead atoms. The molecule has 8 heteroatoms. The number of fused-ring (bicyclic) bond motifs is 1. The van der Waals surface area contributed by atoms with Crippen LogP contribution in [0.5, 0.6) is 0 Å². The van der Waals surface area contributed by atoms with Gasteiger partial charge < -0.3 is 15.2 Å². The highest BCUT2D eigenvalue weighted by atomic mass is 16.5. The molecule has 2 unspecified atom stereocenters. The molecule has 0 radical (unpaired) electrons. The third-order valence-electron chi connectivity index (χ3n) is 5.96. The number of ether oxygens (including phenoxy) is 2. The number of anilines is 1. The molecular formula is C22H24N4O4. The van der Waals surface area contributed by atoms with Crippen LogP contribution in [0.2, 0.25) is 0 Å². The van der Waals surface area contributed by atoms with Gasteiger partial charge in [0.1, 0.15) is 5.82 Å². The molecule has 0 amide bonds. The molecule has 2 fully saturated rings. The topological polar surface area (TPSA) is 101 Å².